The lowest BCUT2D eigenvalue weighted by molar-refractivity contribution is -0.138. The first-order valence-electron chi connectivity index (χ1n) is 11.2. The van der Waals surface area contributed by atoms with E-state index in [1.165, 1.54) is 25.3 Å². The molecule has 2 aliphatic heterocycles. The number of ether oxygens (including phenoxy) is 1. The molecule has 1 aromatic carbocycles. The number of halogens is 3. The van der Waals surface area contributed by atoms with Gasteiger partial charge in [0.05, 0.1) is 25.3 Å². The number of nitrogens with one attached hydrogen (secondary N) is 2. The molecule has 31 heavy (non-hydrogen) atoms. The van der Waals surface area contributed by atoms with Gasteiger partial charge < -0.3 is 25.2 Å². The number of hydrogen-bond acceptors (Lipinski definition) is 4. The number of morpholine rings is 1. The van der Waals surface area contributed by atoms with Crippen molar-refractivity contribution in [2.45, 2.75) is 38.9 Å². The zero-order valence-corrected chi connectivity index (χ0v) is 18.3. The number of piperidine rings is 1. The van der Waals surface area contributed by atoms with Crippen molar-refractivity contribution in [2.75, 3.05) is 63.9 Å². The van der Waals surface area contributed by atoms with E-state index in [4.69, 9.17) is 4.74 Å². The number of nitrogens with zero attached hydrogens (tertiary/aromatic N) is 3. The monoisotopic (exact) mass is 441 g/mol. The number of hydrogen-bond donors (Lipinski definition) is 2. The third kappa shape index (κ3) is 7.28. The van der Waals surface area contributed by atoms with Crippen LogP contribution in [-0.4, -0.2) is 69.9 Å². The van der Waals surface area contributed by atoms with Gasteiger partial charge in [0.2, 0.25) is 0 Å². The number of anilines is 1. The molecule has 0 aromatic heterocycles. The van der Waals surface area contributed by atoms with Crippen LogP contribution in [0.2, 0.25) is 0 Å². The molecule has 0 bridgehead atoms. The molecule has 0 aliphatic carbocycles. The fraction of sp³-hybridized carbons (Fsp3) is 0.682. The molecule has 0 radical (unpaired) electrons. The van der Waals surface area contributed by atoms with Gasteiger partial charge in [-0.2, -0.15) is 13.2 Å². The van der Waals surface area contributed by atoms with Crippen LogP contribution < -0.4 is 15.5 Å². The summed E-state index contributed by atoms with van der Waals surface area (Å²) in [6.45, 7) is 8.67. The van der Waals surface area contributed by atoms with Gasteiger partial charge >= 0.3 is 6.18 Å². The summed E-state index contributed by atoms with van der Waals surface area (Å²) in [5.74, 6) is 0.546. The zero-order valence-electron chi connectivity index (χ0n) is 18.3. The third-order valence-electron chi connectivity index (χ3n) is 5.70. The van der Waals surface area contributed by atoms with Gasteiger partial charge in [-0.05, 0) is 50.6 Å². The van der Waals surface area contributed by atoms with Crippen LogP contribution >= 0.6 is 0 Å². The standard InChI is InChI=1S/C22H34F3N5O/c1-2-26-21(27-8-11-29-9-4-3-5-10-29)28-17-18-6-7-19(16-20(18)22(23,24)25)30-12-14-31-15-13-30/h6-7,16H,2-5,8-15,17H2,1H3,(H2,26,27,28). The lowest BCUT2D eigenvalue weighted by Crippen LogP contribution is -2.42. The van der Waals surface area contributed by atoms with Crippen LogP contribution in [0.5, 0.6) is 0 Å². The van der Waals surface area contributed by atoms with E-state index in [1.54, 1.807) is 12.1 Å². The van der Waals surface area contributed by atoms with Gasteiger partial charge in [0, 0.05) is 38.4 Å². The van der Waals surface area contributed by atoms with Gasteiger partial charge in [-0.15, -0.1) is 0 Å². The minimum Gasteiger partial charge on any atom is -0.378 e. The summed E-state index contributed by atoms with van der Waals surface area (Å²) in [4.78, 5) is 8.76. The van der Waals surface area contributed by atoms with Gasteiger partial charge in [-0.3, -0.25) is 0 Å². The highest BCUT2D eigenvalue weighted by Crippen LogP contribution is 2.35. The molecule has 2 N–H and O–H groups in total. The normalized spacial score (nSPS) is 18.8. The number of alkyl halides is 3. The lowest BCUT2D eigenvalue weighted by atomic mass is 10.1. The highest BCUT2D eigenvalue weighted by molar-refractivity contribution is 5.79. The highest BCUT2D eigenvalue weighted by atomic mass is 19.4. The Morgan fingerprint density at radius 2 is 1.81 bits per heavy atom. The molecule has 2 saturated heterocycles. The molecule has 9 heteroatoms. The molecule has 0 saturated carbocycles. The molecule has 0 amide bonds. The summed E-state index contributed by atoms with van der Waals surface area (Å²) >= 11 is 0. The molecule has 174 valence electrons. The summed E-state index contributed by atoms with van der Waals surface area (Å²) in [6.07, 6.45) is -0.670. The maximum absolute atomic E-state index is 13.7. The van der Waals surface area contributed by atoms with Gasteiger partial charge in [0.25, 0.3) is 0 Å². The van der Waals surface area contributed by atoms with E-state index in [0.29, 0.717) is 51.0 Å². The van der Waals surface area contributed by atoms with Gasteiger partial charge in [-0.25, -0.2) is 4.99 Å². The Bertz CT molecular complexity index is 714. The van der Waals surface area contributed by atoms with Crippen molar-refractivity contribution < 1.29 is 17.9 Å². The molecule has 0 unspecified atom stereocenters. The summed E-state index contributed by atoms with van der Waals surface area (Å²) in [6, 6.07) is 4.55. The number of likely N-dealkylation sites (tertiary alicyclic amines) is 1. The van der Waals surface area contributed by atoms with Crippen LogP contribution in [0, 0.1) is 0 Å². The fourth-order valence-corrected chi connectivity index (χ4v) is 4.01. The van der Waals surface area contributed by atoms with Crippen LogP contribution in [0.4, 0.5) is 18.9 Å². The van der Waals surface area contributed by atoms with Crippen molar-refractivity contribution in [3.8, 4) is 0 Å². The maximum atomic E-state index is 13.7. The SMILES string of the molecule is CCNC(=NCc1ccc(N2CCOCC2)cc1C(F)(F)F)NCCN1CCCCC1. The minimum atomic E-state index is -4.42. The molecule has 0 spiro atoms. The number of rotatable bonds is 7. The van der Waals surface area contributed by atoms with Crippen molar-refractivity contribution >= 4 is 11.6 Å². The summed E-state index contributed by atoms with van der Waals surface area (Å²) in [7, 11) is 0. The van der Waals surface area contributed by atoms with Gasteiger partial charge in [-0.1, -0.05) is 12.5 Å². The first-order valence-corrected chi connectivity index (χ1v) is 11.2. The van der Waals surface area contributed by atoms with Gasteiger partial charge in [0.1, 0.15) is 0 Å². The Hall–Kier alpha value is -2.00. The maximum Gasteiger partial charge on any atom is 0.416 e. The largest absolute Gasteiger partial charge is 0.416 e. The van der Waals surface area contributed by atoms with Crippen LogP contribution in [0.3, 0.4) is 0 Å². The topological polar surface area (TPSA) is 52.1 Å². The molecular weight excluding hydrogens is 407 g/mol. The molecule has 6 nitrogen and oxygen atoms in total. The summed E-state index contributed by atoms with van der Waals surface area (Å²) < 4.78 is 46.5. The Kier molecular flexibility index (Phi) is 8.83. The Morgan fingerprint density at radius 3 is 2.48 bits per heavy atom. The molecule has 2 heterocycles. The van der Waals surface area contributed by atoms with E-state index >= 15 is 0 Å². The lowest BCUT2D eigenvalue weighted by Gasteiger charge is -2.29. The Morgan fingerprint density at radius 1 is 1.06 bits per heavy atom. The molecule has 2 aliphatic rings. The molecule has 1 aromatic rings. The second kappa shape index (κ2) is 11.6. The molecule has 0 atom stereocenters. The molecular formula is C22H34F3N5O. The van der Waals surface area contributed by atoms with Crippen molar-refractivity contribution in [3.63, 3.8) is 0 Å². The first-order chi connectivity index (χ1) is 15.0. The molecule has 2 fully saturated rings. The Balaban J connectivity index is 1.66. The predicted molar refractivity (Wildman–Crippen MR) is 118 cm³/mol. The number of aliphatic imine (C=N–C) groups is 1. The van der Waals surface area contributed by atoms with Crippen molar-refractivity contribution in [2.24, 2.45) is 4.99 Å². The van der Waals surface area contributed by atoms with E-state index in [2.05, 4.69) is 20.5 Å². The van der Waals surface area contributed by atoms with Crippen LogP contribution in [0.25, 0.3) is 0 Å². The van der Waals surface area contributed by atoms with E-state index in [1.807, 2.05) is 11.8 Å². The quantitative estimate of drug-likeness (QED) is 0.503. The summed E-state index contributed by atoms with van der Waals surface area (Å²) in [5, 5.41) is 6.38. The molecule has 3 rings (SSSR count). The van der Waals surface area contributed by atoms with Crippen LogP contribution in [0.1, 0.15) is 37.3 Å². The second-order valence-electron chi connectivity index (χ2n) is 7.96. The summed E-state index contributed by atoms with van der Waals surface area (Å²) in [5.41, 5.74) is 0.136. The van der Waals surface area contributed by atoms with Crippen molar-refractivity contribution in [1.82, 2.24) is 15.5 Å². The first kappa shape index (κ1) is 23.7. The predicted octanol–water partition coefficient (Wildman–Crippen LogP) is 3.08. The zero-order chi connectivity index (χ0) is 22.1. The second-order valence-corrected chi connectivity index (χ2v) is 7.96. The van der Waals surface area contributed by atoms with Crippen molar-refractivity contribution in [3.05, 3.63) is 29.3 Å². The highest BCUT2D eigenvalue weighted by Gasteiger charge is 2.34. The van der Waals surface area contributed by atoms with E-state index in [0.717, 1.165) is 19.6 Å². The Labute approximate surface area is 182 Å². The number of benzene rings is 1. The average Bonchev–Trinajstić information content (AvgIpc) is 2.78. The average molecular weight is 442 g/mol. The van der Waals surface area contributed by atoms with Crippen LogP contribution in [0.15, 0.2) is 23.2 Å². The van der Waals surface area contributed by atoms with Crippen molar-refractivity contribution in [1.29, 1.82) is 0 Å². The number of guanidine groups is 1. The van der Waals surface area contributed by atoms with Crippen LogP contribution in [-0.2, 0) is 17.5 Å². The minimum absolute atomic E-state index is 0.0305. The third-order valence-corrected chi connectivity index (χ3v) is 5.70. The van der Waals surface area contributed by atoms with E-state index in [9.17, 15) is 13.2 Å². The fourth-order valence-electron chi connectivity index (χ4n) is 4.01. The van der Waals surface area contributed by atoms with Gasteiger partial charge in [0.15, 0.2) is 5.96 Å². The van der Waals surface area contributed by atoms with E-state index < -0.39 is 11.7 Å². The smallest absolute Gasteiger partial charge is 0.378 e. The van der Waals surface area contributed by atoms with E-state index in [-0.39, 0.29) is 12.1 Å².